The number of Topliss-reactive ketones (excluding diaryl/α,β-unsaturated/α-hetero) is 1. The van der Waals surface area contributed by atoms with Gasteiger partial charge >= 0.3 is 0 Å². The van der Waals surface area contributed by atoms with E-state index in [0.29, 0.717) is 24.6 Å². The van der Waals surface area contributed by atoms with E-state index in [1.807, 2.05) is 0 Å². The van der Waals surface area contributed by atoms with Gasteiger partial charge in [-0.15, -0.1) is 0 Å². The van der Waals surface area contributed by atoms with Crippen molar-refractivity contribution in [2.24, 2.45) is 5.92 Å². The van der Waals surface area contributed by atoms with Crippen molar-refractivity contribution >= 4 is 5.78 Å². The molecule has 0 spiro atoms. The normalized spacial score (nSPS) is 16.2. The lowest BCUT2D eigenvalue weighted by molar-refractivity contribution is 0.0902. The van der Waals surface area contributed by atoms with Crippen LogP contribution in [0.5, 0.6) is 0 Å². The number of halogens is 1. The van der Waals surface area contributed by atoms with Gasteiger partial charge in [-0.05, 0) is 49.9 Å². The van der Waals surface area contributed by atoms with Crippen molar-refractivity contribution in [3.63, 3.8) is 0 Å². The fourth-order valence-electron chi connectivity index (χ4n) is 2.63. The highest BCUT2D eigenvalue weighted by Gasteiger charge is 2.31. The molecule has 0 saturated heterocycles. The van der Waals surface area contributed by atoms with Crippen LogP contribution in [0.3, 0.4) is 0 Å². The lowest BCUT2D eigenvalue weighted by Crippen LogP contribution is -2.38. The van der Waals surface area contributed by atoms with E-state index in [2.05, 4.69) is 11.8 Å². The summed E-state index contributed by atoms with van der Waals surface area (Å²) in [5, 5.41) is 0. The molecule has 4 heteroatoms. The highest BCUT2D eigenvalue weighted by atomic mass is 19.1. The summed E-state index contributed by atoms with van der Waals surface area (Å²) in [6.07, 6.45) is 3.04. The number of methoxy groups -OCH3 is 1. The number of carbonyl (C=O) groups excluding carboxylic acids is 1. The summed E-state index contributed by atoms with van der Waals surface area (Å²) in [5.74, 6) is 0.527. The fraction of sp³-hybridized carbons (Fsp3) is 0.588. The highest BCUT2D eigenvalue weighted by molar-refractivity contribution is 5.96. The molecule has 1 saturated carbocycles. The van der Waals surface area contributed by atoms with Gasteiger partial charge in [0, 0.05) is 38.2 Å². The van der Waals surface area contributed by atoms with Crippen molar-refractivity contribution in [1.82, 2.24) is 4.90 Å². The molecule has 0 amide bonds. The molecule has 1 fully saturated rings. The molecule has 21 heavy (non-hydrogen) atoms. The van der Waals surface area contributed by atoms with Crippen LogP contribution in [0.25, 0.3) is 0 Å². The third-order valence-electron chi connectivity index (χ3n) is 4.26. The summed E-state index contributed by atoms with van der Waals surface area (Å²) in [6.45, 7) is 4.50. The van der Waals surface area contributed by atoms with Gasteiger partial charge in [-0.1, -0.05) is 0 Å². The van der Waals surface area contributed by atoms with Gasteiger partial charge in [0.2, 0.25) is 0 Å². The number of hydrogen-bond acceptors (Lipinski definition) is 3. The molecule has 0 heterocycles. The van der Waals surface area contributed by atoms with Crippen LogP contribution in [0, 0.1) is 11.7 Å². The van der Waals surface area contributed by atoms with Crippen molar-refractivity contribution in [3.05, 3.63) is 35.6 Å². The first-order valence-electron chi connectivity index (χ1n) is 7.63. The number of ether oxygens (including phenoxy) is 1. The Morgan fingerprint density at radius 3 is 2.57 bits per heavy atom. The van der Waals surface area contributed by atoms with Crippen LogP contribution < -0.4 is 0 Å². The summed E-state index contributed by atoms with van der Waals surface area (Å²) in [4.78, 5) is 14.5. The Labute approximate surface area is 126 Å². The van der Waals surface area contributed by atoms with E-state index < -0.39 is 0 Å². The van der Waals surface area contributed by atoms with Crippen molar-refractivity contribution in [1.29, 1.82) is 0 Å². The first-order chi connectivity index (χ1) is 10.1. The third kappa shape index (κ3) is 4.90. The summed E-state index contributed by atoms with van der Waals surface area (Å²) in [5.41, 5.74) is 0.585. The van der Waals surface area contributed by atoms with Crippen molar-refractivity contribution in [2.45, 2.75) is 32.2 Å². The summed E-state index contributed by atoms with van der Waals surface area (Å²) in [7, 11) is 1.70. The minimum absolute atomic E-state index is 0.0698. The lowest BCUT2D eigenvalue weighted by atomic mass is 10.1. The van der Waals surface area contributed by atoms with Crippen LogP contribution in [-0.2, 0) is 4.74 Å². The number of ketones is 1. The van der Waals surface area contributed by atoms with E-state index in [1.165, 1.54) is 25.0 Å². The van der Waals surface area contributed by atoms with E-state index in [-0.39, 0.29) is 11.6 Å². The number of nitrogens with zero attached hydrogens (tertiary/aromatic N) is 1. The molecule has 0 aromatic heterocycles. The summed E-state index contributed by atoms with van der Waals surface area (Å²) >= 11 is 0. The molecule has 1 aliphatic rings. The summed E-state index contributed by atoms with van der Waals surface area (Å²) in [6, 6.07) is 6.29. The number of carbonyl (C=O) groups is 1. The van der Waals surface area contributed by atoms with Crippen LogP contribution in [0.15, 0.2) is 24.3 Å². The van der Waals surface area contributed by atoms with Gasteiger partial charge in [0.05, 0.1) is 6.61 Å². The standard InChI is InChI=1S/C17H24FNO2/c1-13(14-3-4-14)19(11-12-21-2)10-9-17(20)15-5-7-16(18)8-6-15/h5-8,13-14H,3-4,9-12H2,1-2H3. The van der Waals surface area contributed by atoms with Gasteiger partial charge in [-0.25, -0.2) is 4.39 Å². The van der Waals surface area contributed by atoms with Gasteiger partial charge in [0.25, 0.3) is 0 Å². The molecule has 1 aromatic carbocycles. The second-order valence-electron chi connectivity index (χ2n) is 5.79. The fourth-order valence-corrected chi connectivity index (χ4v) is 2.63. The molecule has 2 rings (SSSR count). The maximum atomic E-state index is 12.9. The first kappa shape index (κ1) is 16.1. The van der Waals surface area contributed by atoms with E-state index in [0.717, 1.165) is 19.0 Å². The van der Waals surface area contributed by atoms with Gasteiger partial charge in [-0.3, -0.25) is 9.69 Å². The number of benzene rings is 1. The largest absolute Gasteiger partial charge is 0.383 e. The predicted molar refractivity (Wildman–Crippen MR) is 81.0 cm³/mol. The Morgan fingerprint density at radius 1 is 1.33 bits per heavy atom. The van der Waals surface area contributed by atoms with Crippen molar-refractivity contribution in [3.8, 4) is 0 Å². The smallest absolute Gasteiger partial charge is 0.164 e. The molecule has 0 aliphatic heterocycles. The van der Waals surface area contributed by atoms with Crippen molar-refractivity contribution < 1.29 is 13.9 Å². The van der Waals surface area contributed by atoms with Gasteiger partial charge in [-0.2, -0.15) is 0 Å². The molecule has 0 bridgehead atoms. The molecular formula is C17H24FNO2. The molecule has 1 unspecified atom stereocenters. The average Bonchev–Trinajstić information content (AvgIpc) is 3.32. The van der Waals surface area contributed by atoms with Gasteiger partial charge in [0.1, 0.15) is 5.82 Å². The van der Waals surface area contributed by atoms with Crippen LogP contribution in [0.4, 0.5) is 4.39 Å². The minimum atomic E-state index is -0.310. The molecular weight excluding hydrogens is 269 g/mol. The maximum Gasteiger partial charge on any atom is 0.164 e. The number of hydrogen-bond donors (Lipinski definition) is 0. The van der Waals surface area contributed by atoms with Gasteiger partial charge < -0.3 is 4.74 Å². The Hall–Kier alpha value is -1.26. The van der Waals surface area contributed by atoms with E-state index >= 15 is 0 Å². The zero-order valence-corrected chi connectivity index (χ0v) is 12.8. The maximum absolute atomic E-state index is 12.9. The quantitative estimate of drug-likeness (QED) is 0.655. The Balaban J connectivity index is 1.87. The van der Waals surface area contributed by atoms with Crippen LogP contribution in [0.1, 0.15) is 36.5 Å². The Bertz CT molecular complexity index is 456. The Morgan fingerprint density at radius 2 is 2.00 bits per heavy atom. The second-order valence-corrected chi connectivity index (χ2v) is 5.79. The SMILES string of the molecule is COCCN(CCC(=O)c1ccc(F)cc1)C(C)C1CC1. The van der Waals surface area contributed by atoms with E-state index in [1.54, 1.807) is 19.2 Å². The molecule has 1 aliphatic carbocycles. The molecule has 3 nitrogen and oxygen atoms in total. The first-order valence-corrected chi connectivity index (χ1v) is 7.63. The number of rotatable bonds is 9. The Kier molecular flexibility index (Phi) is 5.88. The molecule has 116 valence electrons. The average molecular weight is 293 g/mol. The minimum Gasteiger partial charge on any atom is -0.383 e. The zero-order chi connectivity index (χ0) is 15.2. The van der Waals surface area contributed by atoms with E-state index in [4.69, 9.17) is 4.74 Å². The molecule has 0 radical (unpaired) electrons. The molecule has 1 atom stereocenters. The highest BCUT2D eigenvalue weighted by Crippen LogP contribution is 2.35. The lowest BCUT2D eigenvalue weighted by Gasteiger charge is -2.28. The zero-order valence-electron chi connectivity index (χ0n) is 12.8. The van der Waals surface area contributed by atoms with E-state index in [9.17, 15) is 9.18 Å². The molecule has 0 N–H and O–H groups in total. The topological polar surface area (TPSA) is 29.5 Å². The predicted octanol–water partition coefficient (Wildman–Crippen LogP) is 3.15. The van der Waals surface area contributed by atoms with Crippen LogP contribution in [-0.4, -0.2) is 43.5 Å². The second kappa shape index (κ2) is 7.66. The van der Waals surface area contributed by atoms with Crippen molar-refractivity contribution in [2.75, 3.05) is 26.8 Å². The third-order valence-corrected chi connectivity index (χ3v) is 4.26. The molecule has 1 aromatic rings. The van der Waals surface area contributed by atoms with Crippen LogP contribution in [0.2, 0.25) is 0 Å². The monoisotopic (exact) mass is 293 g/mol. The van der Waals surface area contributed by atoms with Crippen LogP contribution >= 0.6 is 0 Å². The van der Waals surface area contributed by atoms with Gasteiger partial charge in [0.15, 0.2) is 5.78 Å². The summed E-state index contributed by atoms with van der Waals surface area (Å²) < 4.78 is 18.0.